The summed E-state index contributed by atoms with van der Waals surface area (Å²) in [6, 6.07) is 14.5. The average molecular weight is 612 g/mol. The number of aliphatic hydroxyl groups is 1. The molecule has 3 amide bonds. The molecule has 5 aliphatic rings. The van der Waals surface area contributed by atoms with Gasteiger partial charge in [-0.1, -0.05) is 56.3 Å². The first-order valence-corrected chi connectivity index (χ1v) is 16.3. The fraction of sp³-hybridized carbons (Fsp3) is 0.514. The van der Waals surface area contributed by atoms with E-state index < -0.39 is 41.5 Å². The van der Waals surface area contributed by atoms with Gasteiger partial charge in [-0.15, -0.1) is 0 Å². The van der Waals surface area contributed by atoms with Gasteiger partial charge in [-0.05, 0) is 55.5 Å². The molecule has 0 saturated carbocycles. The maximum atomic E-state index is 14.6. The predicted octanol–water partition coefficient (Wildman–Crippen LogP) is 2.72. The first-order chi connectivity index (χ1) is 21.6. The second-order valence-corrected chi connectivity index (χ2v) is 14.0. The van der Waals surface area contributed by atoms with Gasteiger partial charge < -0.3 is 25.2 Å². The maximum Gasteiger partial charge on any atom is 0.281 e. The van der Waals surface area contributed by atoms with Gasteiger partial charge in [0.25, 0.3) is 11.8 Å². The minimum Gasteiger partial charge on any atom is -0.361 e. The monoisotopic (exact) mass is 611 g/mol. The van der Waals surface area contributed by atoms with Gasteiger partial charge in [0.15, 0.2) is 0 Å². The Bertz CT molecular complexity index is 1690. The van der Waals surface area contributed by atoms with E-state index in [1.54, 1.807) is 4.90 Å². The molecule has 10 nitrogen and oxygen atoms in total. The van der Waals surface area contributed by atoms with Gasteiger partial charge in [0.05, 0.1) is 5.92 Å². The summed E-state index contributed by atoms with van der Waals surface area (Å²) in [5.41, 5.74) is 2.75. The van der Waals surface area contributed by atoms with Crippen molar-refractivity contribution in [2.24, 2.45) is 11.8 Å². The number of likely N-dealkylation sites (N-methyl/N-ethyl adjacent to an activating group) is 1. The summed E-state index contributed by atoms with van der Waals surface area (Å²) in [5, 5.41) is 16.6. The Balaban J connectivity index is 1.12. The lowest BCUT2D eigenvalue weighted by atomic mass is 9.72. The lowest BCUT2D eigenvalue weighted by molar-refractivity contribution is -0.321. The number of nitrogens with one attached hydrogen (secondary N) is 2. The molecule has 10 heteroatoms. The lowest BCUT2D eigenvalue weighted by Crippen LogP contribution is -2.71. The number of hydrogen-bond donors (Lipinski definition) is 3. The summed E-state index contributed by atoms with van der Waals surface area (Å²) in [7, 11) is 2.07. The minimum absolute atomic E-state index is 0.164. The SMILES string of the molecule is CC(C)[C@@]1(NC(=O)[C@@H]2CC3c4cccc5[nH]cc(c45)C[C@H]3N(C)C2)OC2(O)[C@@H]3CCCN3C(=O)[C@H](Cc3ccccc3)N2C1=O. The molecule has 2 aromatic carbocycles. The highest BCUT2D eigenvalue weighted by molar-refractivity contribution is 5.98. The van der Waals surface area contributed by atoms with Gasteiger partial charge >= 0.3 is 0 Å². The van der Waals surface area contributed by atoms with Crippen molar-refractivity contribution >= 4 is 28.6 Å². The molecule has 5 heterocycles. The number of aromatic amines is 1. The molecule has 0 bridgehead atoms. The first-order valence-electron chi connectivity index (χ1n) is 16.3. The average Bonchev–Trinajstić information content (AvgIpc) is 3.74. The number of likely N-dealkylation sites (tertiary alicyclic amines) is 1. The number of amides is 3. The number of benzene rings is 2. The van der Waals surface area contributed by atoms with Crippen LogP contribution in [0.4, 0.5) is 0 Å². The third-order valence-corrected chi connectivity index (χ3v) is 11.2. The molecular formula is C35H41N5O5. The molecule has 3 N–H and O–H groups in total. The van der Waals surface area contributed by atoms with Crippen molar-refractivity contribution in [3.05, 3.63) is 71.4 Å². The van der Waals surface area contributed by atoms with Crippen LogP contribution in [0.2, 0.25) is 0 Å². The molecule has 1 aliphatic carbocycles. The highest BCUT2D eigenvalue weighted by Crippen LogP contribution is 2.49. The largest absolute Gasteiger partial charge is 0.361 e. The highest BCUT2D eigenvalue weighted by atomic mass is 16.7. The standard InChI is InChI=1S/C35H41N5O5/c1-20(2)34(37-31(41)23-16-25-24-11-7-12-26-30(24)22(18-36-26)17-27(25)38(3)19-23)33(43)40-28(15-21-9-5-4-6-10-21)32(42)39-14-8-13-29(39)35(40,44)45-34/h4-7,9-12,18,20,23,25,27-29,36,44H,8,13-17,19H2,1-3H3,(H,37,41)/t23-,25?,27-,28+,29+,34-,35?/m1/s1. The number of carbonyl (C=O) groups is 3. The third-order valence-electron chi connectivity index (χ3n) is 11.2. The molecule has 1 aromatic heterocycles. The van der Waals surface area contributed by atoms with Crippen LogP contribution in [0, 0.1) is 11.8 Å². The van der Waals surface area contributed by atoms with Crippen LogP contribution in [0.1, 0.15) is 55.7 Å². The summed E-state index contributed by atoms with van der Waals surface area (Å²) in [5.74, 6) is -3.80. The molecule has 0 spiro atoms. The van der Waals surface area contributed by atoms with Crippen LogP contribution in [-0.2, 0) is 32.0 Å². The van der Waals surface area contributed by atoms with Crippen LogP contribution in [-0.4, -0.2) is 92.4 Å². The van der Waals surface area contributed by atoms with Crippen LogP contribution in [0.15, 0.2) is 54.7 Å². The molecule has 0 radical (unpaired) electrons. The summed E-state index contributed by atoms with van der Waals surface area (Å²) in [6.45, 7) is 4.68. The number of piperidine rings is 1. The zero-order valence-electron chi connectivity index (χ0n) is 26.0. The van der Waals surface area contributed by atoms with Gasteiger partial charge in [-0.3, -0.25) is 24.0 Å². The molecule has 3 aromatic rings. The van der Waals surface area contributed by atoms with Crippen LogP contribution in [0.3, 0.4) is 0 Å². The number of carbonyl (C=O) groups excluding carboxylic acids is 3. The molecule has 2 unspecified atom stereocenters. The Labute approximate surface area is 262 Å². The van der Waals surface area contributed by atoms with E-state index >= 15 is 0 Å². The number of hydrogen-bond acceptors (Lipinski definition) is 6. The molecular weight excluding hydrogens is 570 g/mol. The van der Waals surface area contributed by atoms with E-state index in [1.165, 1.54) is 21.4 Å². The number of nitrogens with zero attached hydrogens (tertiary/aromatic N) is 3. The summed E-state index contributed by atoms with van der Waals surface area (Å²) in [4.78, 5) is 51.4. The zero-order valence-corrected chi connectivity index (χ0v) is 26.0. The van der Waals surface area contributed by atoms with Crippen molar-refractivity contribution in [1.29, 1.82) is 0 Å². The van der Waals surface area contributed by atoms with Gasteiger partial charge in [-0.2, -0.15) is 0 Å². The molecule has 8 rings (SSSR count). The number of ether oxygens (including phenoxy) is 1. The summed E-state index contributed by atoms with van der Waals surface area (Å²) >= 11 is 0. The van der Waals surface area contributed by atoms with E-state index in [0.29, 0.717) is 32.4 Å². The second kappa shape index (κ2) is 10.1. The van der Waals surface area contributed by atoms with Crippen molar-refractivity contribution < 1.29 is 24.2 Å². The highest BCUT2D eigenvalue weighted by Gasteiger charge is 2.72. The lowest BCUT2D eigenvalue weighted by Gasteiger charge is -2.48. The maximum absolute atomic E-state index is 14.6. The van der Waals surface area contributed by atoms with Crippen molar-refractivity contribution in [3.8, 4) is 0 Å². The summed E-state index contributed by atoms with van der Waals surface area (Å²) in [6.07, 6.45) is 5.12. The summed E-state index contributed by atoms with van der Waals surface area (Å²) < 4.78 is 6.51. The Morgan fingerprint density at radius 3 is 2.73 bits per heavy atom. The number of H-pyrrole nitrogens is 1. The van der Waals surface area contributed by atoms with Crippen molar-refractivity contribution in [3.63, 3.8) is 0 Å². The molecule has 7 atom stereocenters. The fourth-order valence-electron chi connectivity index (χ4n) is 8.99. The quantitative estimate of drug-likeness (QED) is 0.409. The van der Waals surface area contributed by atoms with Crippen LogP contribution < -0.4 is 5.32 Å². The van der Waals surface area contributed by atoms with E-state index in [4.69, 9.17) is 4.74 Å². The Morgan fingerprint density at radius 1 is 1.16 bits per heavy atom. The van der Waals surface area contributed by atoms with Crippen molar-refractivity contribution in [2.45, 2.75) is 81.6 Å². The van der Waals surface area contributed by atoms with E-state index in [0.717, 1.165) is 17.5 Å². The zero-order chi connectivity index (χ0) is 31.2. The predicted molar refractivity (Wildman–Crippen MR) is 167 cm³/mol. The Morgan fingerprint density at radius 2 is 1.96 bits per heavy atom. The Kier molecular flexibility index (Phi) is 6.47. The molecule has 4 saturated heterocycles. The molecule has 236 valence electrons. The van der Waals surface area contributed by atoms with Crippen molar-refractivity contribution in [1.82, 2.24) is 25.0 Å². The fourth-order valence-corrected chi connectivity index (χ4v) is 8.99. The third kappa shape index (κ3) is 4.08. The second-order valence-electron chi connectivity index (χ2n) is 14.0. The topological polar surface area (TPSA) is 118 Å². The van der Waals surface area contributed by atoms with Gasteiger partial charge in [0.1, 0.15) is 12.1 Å². The van der Waals surface area contributed by atoms with Gasteiger partial charge in [-0.25, -0.2) is 0 Å². The number of piperazine rings is 1. The van der Waals surface area contributed by atoms with E-state index in [-0.39, 0.29) is 30.2 Å². The van der Waals surface area contributed by atoms with Crippen LogP contribution in [0.25, 0.3) is 10.9 Å². The van der Waals surface area contributed by atoms with E-state index in [2.05, 4.69) is 46.6 Å². The van der Waals surface area contributed by atoms with Gasteiger partial charge in [0, 0.05) is 54.5 Å². The first kappa shape index (κ1) is 28.7. The van der Waals surface area contributed by atoms with Crippen LogP contribution >= 0.6 is 0 Å². The van der Waals surface area contributed by atoms with E-state index in [1.807, 2.05) is 44.2 Å². The normalized spacial score (nSPS) is 34.3. The molecule has 45 heavy (non-hydrogen) atoms. The van der Waals surface area contributed by atoms with Gasteiger partial charge in [0.2, 0.25) is 17.5 Å². The van der Waals surface area contributed by atoms with Crippen LogP contribution in [0.5, 0.6) is 0 Å². The van der Waals surface area contributed by atoms with E-state index in [9.17, 15) is 19.5 Å². The van der Waals surface area contributed by atoms with Crippen molar-refractivity contribution in [2.75, 3.05) is 20.1 Å². The molecule has 4 fully saturated rings. The smallest absolute Gasteiger partial charge is 0.281 e. The number of aromatic nitrogens is 1. The number of fused-ring (bicyclic) bond motifs is 5. The minimum atomic E-state index is -2.04. The molecule has 4 aliphatic heterocycles. The number of rotatable bonds is 5. The Hall–Kier alpha value is -3.73.